The van der Waals surface area contributed by atoms with Crippen molar-refractivity contribution in [2.24, 2.45) is 0 Å². The van der Waals surface area contributed by atoms with Gasteiger partial charge in [-0.2, -0.15) is 0 Å². The van der Waals surface area contributed by atoms with Gasteiger partial charge in [-0.05, 0) is 49.8 Å². The van der Waals surface area contributed by atoms with E-state index in [0.717, 1.165) is 12.1 Å². The van der Waals surface area contributed by atoms with Crippen LogP contribution in [-0.4, -0.2) is 44.2 Å². The molecule has 2 amide bonds. The number of amides is 2. The highest BCUT2D eigenvalue weighted by Crippen LogP contribution is 2.35. The van der Waals surface area contributed by atoms with Crippen LogP contribution in [0.2, 0.25) is 0 Å². The summed E-state index contributed by atoms with van der Waals surface area (Å²) in [5, 5.41) is 5.85. The van der Waals surface area contributed by atoms with Gasteiger partial charge in [-0.15, -0.1) is 0 Å². The van der Waals surface area contributed by atoms with Crippen molar-refractivity contribution >= 4 is 21.6 Å². The minimum Gasteiger partial charge on any atom is -0.374 e. The first kappa shape index (κ1) is 20.1. The van der Waals surface area contributed by atoms with Crippen molar-refractivity contribution in [3.05, 3.63) is 29.8 Å². The van der Waals surface area contributed by atoms with Crippen LogP contribution in [0, 0.1) is 0 Å². The fourth-order valence-corrected chi connectivity index (χ4v) is 5.97. The zero-order valence-electron chi connectivity index (χ0n) is 16.0. The number of carbonyl (C=O) groups is 1. The molecule has 1 spiro atoms. The zero-order valence-corrected chi connectivity index (χ0v) is 16.8. The van der Waals surface area contributed by atoms with E-state index in [4.69, 9.17) is 4.74 Å². The first-order valence-electron chi connectivity index (χ1n) is 9.91. The van der Waals surface area contributed by atoms with Gasteiger partial charge in [-0.1, -0.05) is 31.9 Å². The Hall–Kier alpha value is -1.60. The molecule has 27 heavy (non-hydrogen) atoms. The van der Waals surface area contributed by atoms with Gasteiger partial charge in [0.15, 0.2) is 9.84 Å². The number of sulfone groups is 1. The van der Waals surface area contributed by atoms with Crippen molar-refractivity contribution in [2.45, 2.75) is 63.5 Å². The van der Waals surface area contributed by atoms with Gasteiger partial charge >= 0.3 is 6.03 Å². The molecule has 7 heteroatoms. The number of anilines is 1. The summed E-state index contributed by atoms with van der Waals surface area (Å²) in [6.45, 7) is 2.67. The van der Waals surface area contributed by atoms with E-state index in [9.17, 15) is 13.2 Å². The summed E-state index contributed by atoms with van der Waals surface area (Å²) in [4.78, 5) is 12.3. The second-order valence-corrected chi connectivity index (χ2v) is 10.00. The normalized spacial score (nSPS) is 26.8. The lowest BCUT2D eigenvalue weighted by molar-refractivity contribution is -0.0685. The molecule has 2 heterocycles. The molecule has 2 fully saturated rings. The van der Waals surface area contributed by atoms with E-state index in [0.29, 0.717) is 25.9 Å². The van der Waals surface area contributed by atoms with Crippen molar-refractivity contribution in [2.75, 3.05) is 23.4 Å². The summed E-state index contributed by atoms with van der Waals surface area (Å²) in [6, 6.07) is 7.64. The second kappa shape index (κ2) is 8.61. The van der Waals surface area contributed by atoms with Crippen LogP contribution in [0.4, 0.5) is 10.5 Å². The molecule has 0 aliphatic carbocycles. The van der Waals surface area contributed by atoms with Crippen LogP contribution in [0.3, 0.4) is 0 Å². The molecule has 0 saturated carbocycles. The fourth-order valence-electron chi connectivity index (χ4n) is 4.00. The van der Waals surface area contributed by atoms with Crippen molar-refractivity contribution < 1.29 is 17.9 Å². The molecule has 0 bridgehead atoms. The standard InChI is InChI=1S/C20H30N2O4S/c1-2-3-4-5-16-6-8-17(9-7-16)21-19(23)22-18-10-12-26-20(14-18)11-13-27(24,25)15-20/h6-9,18H,2-5,10-15H2,1H3,(H2,21,22,23). The summed E-state index contributed by atoms with van der Waals surface area (Å²) >= 11 is 0. The van der Waals surface area contributed by atoms with Crippen LogP contribution in [0.5, 0.6) is 0 Å². The maximum Gasteiger partial charge on any atom is 0.319 e. The third-order valence-corrected chi connectivity index (χ3v) is 7.25. The molecule has 0 aromatic heterocycles. The van der Waals surface area contributed by atoms with E-state index in [1.54, 1.807) is 0 Å². The lowest BCUT2D eigenvalue weighted by Gasteiger charge is -2.37. The highest BCUT2D eigenvalue weighted by Gasteiger charge is 2.46. The topological polar surface area (TPSA) is 84.5 Å². The van der Waals surface area contributed by atoms with E-state index >= 15 is 0 Å². The Morgan fingerprint density at radius 3 is 2.70 bits per heavy atom. The number of hydrogen-bond donors (Lipinski definition) is 2. The molecule has 1 aromatic carbocycles. The third-order valence-electron chi connectivity index (χ3n) is 5.46. The molecule has 2 N–H and O–H groups in total. The third kappa shape index (κ3) is 5.69. The van der Waals surface area contributed by atoms with Gasteiger partial charge in [0, 0.05) is 18.3 Å². The maximum absolute atomic E-state index is 12.3. The molecule has 2 unspecified atom stereocenters. The fraction of sp³-hybridized carbons (Fsp3) is 0.650. The van der Waals surface area contributed by atoms with E-state index in [2.05, 4.69) is 29.7 Å². The number of hydrogen-bond acceptors (Lipinski definition) is 4. The molecule has 1 aromatic rings. The molecule has 150 valence electrons. The molecular formula is C20H30N2O4S. The minimum absolute atomic E-state index is 0.0687. The number of unbranched alkanes of at least 4 members (excludes halogenated alkanes) is 2. The van der Waals surface area contributed by atoms with E-state index in [-0.39, 0.29) is 23.6 Å². The van der Waals surface area contributed by atoms with E-state index in [1.807, 2.05) is 12.1 Å². The number of urea groups is 1. The SMILES string of the molecule is CCCCCc1ccc(NC(=O)NC2CCOC3(CCS(=O)(=O)C3)C2)cc1. The molecule has 2 saturated heterocycles. The Morgan fingerprint density at radius 2 is 2.04 bits per heavy atom. The van der Waals surface area contributed by atoms with Crippen LogP contribution >= 0.6 is 0 Å². The van der Waals surface area contributed by atoms with Crippen LogP contribution < -0.4 is 10.6 Å². The molecule has 2 aliphatic heterocycles. The first-order chi connectivity index (χ1) is 12.9. The van der Waals surface area contributed by atoms with Gasteiger partial charge in [0.25, 0.3) is 0 Å². The lowest BCUT2D eigenvalue weighted by Crippen LogP contribution is -2.50. The number of nitrogens with one attached hydrogen (secondary N) is 2. The number of benzene rings is 1. The van der Waals surface area contributed by atoms with Crippen molar-refractivity contribution in [1.29, 1.82) is 0 Å². The van der Waals surface area contributed by atoms with Crippen LogP contribution in [0.1, 0.15) is 51.0 Å². The van der Waals surface area contributed by atoms with Gasteiger partial charge in [0.1, 0.15) is 0 Å². The average Bonchev–Trinajstić information content (AvgIpc) is 2.90. The largest absolute Gasteiger partial charge is 0.374 e. The van der Waals surface area contributed by atoms with Gasteiger partial charge < -0.3 is 15.4 Å². The van der Waals surface area contributed by atoms with Gasteiger partial charge in [-0.3, -0.25) is 0 Å². The summed E-state index contributed by atoms with van der Waals surface area (Å²) in [7, 11) is -3.02. The predicted molar refractivity (Wildman–Crippen MR) is 107 cm³/mol. The highest BCUT2D eigenvalue weighted by molar-refractivity contribution is 7.91. The van der Waals surface area contributed by atoms with Gasteiger partial charge in [0.2, 0.25) is 0 Å². The average molecular weight is 395 g/mol. The predicted octanol–water partition coefficient (Wildman–Crippen LogP) is 3.28. The van der Waals surface area contributed by atoms with Crippen molar-refractivity contribution in [3.63, 3.8) is 0 Å². The van der Waals surface area contributed by atoms with Crippen molar-refractivity contribution in [1.82, 2.24) is 5.32 Å². The smallest absolute Gasteiger partial charge is 0.319 e. The Kier molecular flexibility index (Phi) is 6.42. The number of rotatable bonds is 6. The molecule has 2 atom stereocenters. The Labute approximate surface area is 162 Å². The molecule has 6 nitrogen and oxygen atoms in total. The number of carbonyl (C=O) groups excluding carboxylic acids is 1. The first-order valence-corrected chi connectivity index (χ1v) is 11.7. The highest BCUT2D eigenvalue weighted by atomic mass is 32.2. The Bertz CT molecular complexity index is 748. The molecule has 3 rings (SSSR count). The number of ether oxygens (including phenoxy) is 1. The van der Waals surface area contributed by atoms with Gasteiger partial charge in [-0.25, -0.2) is 13.2 Å². The van der Waals surface area contributed by atoms with E-state index < -0.39 is 15.4 Å². The molecular weight excluding hydrogens is 364 g/mol. The zero-order chi connectivity index (χ0) is 19.3. The minimum atomic E-state index is -3.02. The van der Waals surface area contributed by atoms with E-state index in [1.165, 1.54) is 24.8 Å². The van der Waals surface area contributed by atoms with Crippen molar-refractivity contribution in [3.8, 4) is 0 Å². The second-order valence-electron chi connectivity index (χ2n) is 7.82. The van der Waals surface area contributed by atoms with Crippen LogP contribution in [0.25, 0.3) is 0 Å². The molecule has 0 radical (unpaired) electrons. The van der Waals surface area contributed by atoms with Crippen LogP contribution in [0.15, 0.2) is 24.3 Å². The maximum atomic E-state index is 12.3. The number of aryl methyl sites for hydroxylation is 1. The summed E-state index contributed by atoms with van der Waals surface area (Å²) in [5.41, 5.74) is 1.43. The summed E-state index contributed by atoms with van der Waals surface area (Å²) in [6.07, 6.45) is 6.46. The quantitative estimate of drug-likeness (QED) is 0.725. The molecule has 2 aliphatic rings. The summed E-state index contributed by atoms with van der Waals surface area (Å²) < 4.78 is 29.4. The Morgan fingerprint density at radius 1 is 1.26 bits per heavy atom. The summed E-state index contributed by atoms with van der Waals surface area (Å²) in [5.74, 6) is 0.246. The lowest BCUT2D eigenvalue weighted by atomic mass is 9.90. The van der Waals surface area contributed by atoms with Crippen LogP contribution in [-0.2, 0) is 21.0 Å². The Balaban J connectivity index is 1.49. The monoisotopic (exact) mass is 394 g/mol. The van der Waals surface area contributed by atoms with Gasteiger partial charge in [0.05, 0.1) is 17.1 Å².